The average Bonchev–Trinajstić information content (AvgIpc) is 2.61. The van der Waals surface area contributed by atoms with E-state index < -0.39 is 5.97 Å². The van der Waals surface area contributed by atoms with E-state index in [1.54, 1.807) is 4.90 Å². The summed E-state index contributed by atoms with van der Waals surface area (Å²) in [5.41, 5.74) is 1.23. The van der Waals surface area contributed by atoms with Crippen LogP contribution in [0.15, 0.2) is 30.3 Å². The van der Waals surface area contributed by atoms with Crippen molar-refractivity contribution in [2.45, 2.75) is 45.1 Å². The summed E-state index contributed by atoms with van der Waals surface area (Å²) in [6.07, 6.45) is 5.16. The highest BCUT2D eigenvalue weighted by Crippen LogP contribution is 2.46. The summed E-state index contributed by atoms with van der Waals surface area (Å²) in [6.45, 7) is 1.73. The van der Waals surface area contributed by atoms with E-state index in [2.05, 4.69) is 0 Å². The maximum Gasteiger partial charge on any atom is 0.410 e. The number of hydrogen-bond acceptors (Lipinski definition) is 3. The SMILES string of the molecule is O=C(O)C1CCC2(CC1)CCN(C(=O)OCc1ccccc1)CC2. The Labute approximate surface area is 142 Å². The van der Waals surface area contributed by atoms with Gasteiger partial charge in [-0.1, -0.05) is 30.3 Å². The lowest BCUT2D eigenvalue weighted by atomic mass is 9.65. The number of ether oxygens (including phenoxy) is 1. The molecule has 0 unspecified atom stereocenters. The molecule has 24 heavy (non-hydrogen) atoms. The first kappa shape index (κ1) is 16.8. The van der Waals surface area contributed by atoms with Crippen LogP contribution in [-0.4, -0.2) is 35.2 Å². The Morgan fingerprint density at radius 2 is 1.71 bits per heavy atom. The molecular formula is C19H25NO4. The predicted molar refractivity (Wildman–Crippen MR) is 89.5 cm³/mol. The number of aliphatic carboxylic acids is 1. The minimum atomic E-state index is -0.660. The number of carbonyl (C=O) groups excluding carboxylic acids is 1. The Hall–Kier alpha value is -2.04. The molecule has 1 heterocycles. The van der Waals surface area contributed by atoms with Gasteiger partial charge >= 0.3 is 12.1 Å². The van der Waals surface area contributed by atoms with Crippen LogP contribution in [0.2, 0.25) is 0 Å². The van der Waals surface area contributed by atoms with Gasteiger partial charge in [-0.05, 0) is 49.5 Å². The number of carboxylic acids is 1. The van der Waals surface area contributed by atoms with E-state index in [0.29, 0.717) is 19.7 Å². The van der Waals surface area contributed by atoms with E-state index in [1.807, 2.05) is 30.3 Å². The van der Waals surface area contributed by atoms with Crippen LogP contribution < -0.4 is 0 Å². The summed E-state index contributed by atoms with van der Waals surface area (Å²) in [7, 11) is 0. The molecule has 3 rings (SSSR count). The molecule has 2 aliphatic rings. The zero-order chi connectivity index (χ0) is 17.0. The molecular weight excluding hydrogens is 306 g/mol. The normalized spacial score (nSPS) is 20.8. The van der Waals surface area contributed by atoms with Crippen LogP contribution in [0.4, 0.5) is 4.79 Å². The Balaban J connectivity index is 1.45. The monoisotopic (exact) mass is 331 g/mol. The van der Waals surface area contributed by atoms with Crippen LogP contribution in [0.3, 0.4) is 0 Å². The topological polar surface area (TPSA) is 66.8 Å². The lowest BCUT2D eigenvalue weighted by Crippen LogP contribution is -2.45. The number of carboxylic acid groups (broad SMARTS) is 1. The standard InChI is InChI=1S/C19H25NO4/c21-17(22)16-6-8-19(9-7-16)10-12-20(13-11-19)18(23)24-14-15-4-2-1-3-5-15/h1-5,16H,6-14H2,(H,21,22). The Morgan fingerprint density at radius 3 is 2.29 bits per heavy atom. The molecule has 1 saturated heterocycles. The van der Waals surface area contributed by atoms with Crippen LogP contribution >= 0.6 is 0 Å². The van der Waals surface area contributed by atoms with Gasteiger partial charge in [-0.2, -0.15) is 0 Å². The van der Waals surface area contributed by atoms with Crippen LogP contribution in [0, 0.1) is 11.3 Å². The highest BCUT2D eigenvalue weighted by atomic mass is 16.6. The van der Waals surface area contributed by atoms with E-state index in [1.165, 1.54) is 0 Å². The quantitative estimate of drug-likeness (QED) is 0.917. The number of hydrogen-bond donors (Lipinski definition) is 1. The zero-order valence-electron chi connectivity index (χ0n) is 13.9. The molecule has 1 N–H and O–H groups in total. The lowest BCUT2D eigenvalue weighted by Gasteiger charge is -2.45. The second kappa shape index (κ2) is 7.24. The van der Waals surface area contributed by atoms with Crippen LogP contribution in [-0.2, 0) is 16.1 Å². The van der Waals surface area contributed by atoms with Crippen LogP contribution in [0.5, 0.6) is 0 Å². The molecule has 5 heteroatoms. The first-order valence-electron chi connectivity index (χ1n) is 8.76. The molecule has 1 aromatic carbocycles. The minimum absolute atomic E-state index is 0.176. The van der Waals surface area contributed by atoms with E-state index in [-0.39, 0.29) is 17.4 Å². The van der Waals surface area contributed by atoms with Crippen molar-refractivity contribution in [2.75, 3.05) is 13.1 Å². The van der Waals surface area contributed by atoms with E-state index >= 15 is 0 Å². The molecule has 130 valence electrons. The highest BCUT2D eigenvalue weighted by molar-refractivity contribution is 5.70. The molecule has 1 spiro atoms. The van der Waals surface area contributed by atoms with Gasteiger partial charge in [0.1, 0.15) is 6.61 Å². The molecule has 5 nitrogen and oxygen atoms in total. The van der Waals surface area contributed by atoms with E-state index in [0.717, 1.165) is 44.1 Å². The highest BCUT2D eigenvalue weighted by Gasteiger charge is 2.40. The van der Waals surface area contributed by atoms with Gasteiger partial charge in [0.25, 0.3) is 0 Å². The fraction of sp³-hybridized carbons (Fsp3) is 0.579. The van der Waals surface area contributed by atoms with Crippen molar-refractivity contribution in [3.63, 3.8) is 0 Å². The Kier molecular flexibility index (Phi) is 5.07. The second-order valence-electron chi connectivity index (χ2n) is 7.14. The summed E-state index contributed by atoms with van der Waals surface area (Å²) in [5, 5.41) is 9.12. The van der Waals surface area contributed by atoms with Gasteiger partial charge in [-0.3, -0.25) is 4.79 Å². The van der Waals surface area contributed by atoms with Crippen LogP contribution in [0.1, 0.15) is 44.1 Å². The van der Waals surface area contributed by atoms with Gasteiger partial charge in [0.05, 0.1) is 5.92 Å². The largest absolute Gasteiger partial charge is 0.481 e. The van der Waals surface area contributed by atoms with Gasteiger partial charge in [0, 0.05) is 13.1 Å². The zero-order valence-corrected chi connectivity index (χ0v) is 13.9. The van der Waals surface area contributed by atoms with Crippen molar-refractivity contribution in [1.29, 1.82) is 0 Å². The third-order valence-electron chi connectivity index (χ3n) is 5.68. The second-order valence-corrected chi connectivity index (χ2v) is 7.14. The number of carbonyl (C=O) groups is 2. The first-order chi connectivity index (χ1) is 11.6. The lowest BCUT2D eigenvalue weighted by molar-refractivity contribution is -0.144. The minimum Gasteiger partial charge on any atom is -0.481 e. The summed E-state index contributed by atoms with van der Waals surface area (Å²) in [6, 6.07) is 9.69. The number of benzene rings is 1. The molecule has 1 aliphatic carbocycles. The van der Waals surface area contributed by atoms with Crippen LogP contribution in [0.25, 0.3) is 0 Å². The van der Waals surface area contributed by atoms with Crippen molar-refractivity contribution < 1.29 is 19.4 Å². The van der Waals surface area contributed by atoms with Crippen molar-refractivity contribution in [3.8, 4) is 0 Å². The Morgan fingerprint density at radius 1 is 1.08 bits per heavy atom. The summed E-state index contributed by atoms with van der Waals surface area (Å²) >= 11 is 0. The number of rotatable bonds is 3. The third-order valence-corrected chi connectivity index (χ3v) is 5.68. The molecule has 2 fully saturated rings. The van der Waals surface area contributed by atoms with E-state index in [9.17, 15) is 9.59 Å². The molecule has 0 atom stereocenters. The smallest absolute Gasteiger partial charge is 0.410 e. The fourth-order valence-corrected chi connectivity index (χ4v) is 3.95. The molecule has 1 aliphatic heterocycles. The molecule has 1 saturated carbocycles. The van der Waals surface area contributed by atoms with Gasteiger partial charge in [0.2, 0.25) is 0 Å². The number of likely N-dealkylation sites (tertiary alicyclic amines) is 1. The summed E-state index contributed by atoms with van der Waals surface area (Å²) in [4.78, 5) is 25.1. The van der Waals surface area contributed by atoms with Gasteiger partial charge < -0.3 is 14.7 Å². The van der Waals surface area contributed by atoms with Gasteiger partial charge in [0.15, 0.2) is 0 Å². The summed E-state index contributed by atoms with van der Waals surface area (Å²) < 4.78 is 5.40. The van der Waals surface area contributed by atoms with Gasteiger partial charge in [-0.15, -0.1) is 0 Å². The third kappa shape index (κ3) is 3.89. The van der Waals surface area contributed by atoms with Crippen molar-refractivity contribution >= 4 is 12.1 Å². The molecule has 1 aromatic rings. The first-order valence-corrected chi connectivity index (χ1v) is 8.76. The predicted octanol–water partition coefficient (Wildman–Crippen LogP) is 3.68. The molecule has 0 bridgehead atoms. The maximum absolute atomic E-state index is 12.2. The average molecular weight is 331 g/mol. The van der Waals surface area contributed by atoms with Gasteiger partial charge in [-0.25, -0.2) is 4.79 Å². The number of nitrogens with zero attached hydrogens (tertiary/aromatic N) is 1. The molecule has 1 amide bonds. The van der Waals surface area contributed by atoms with E-state index in [4.69, 9.17) is 9.84 Å². The van der Waals surface area contributed by atoms with Crippen molar-refractivity contribution in [1.82, 2.24) is 4.90 Å². The maximum atomic E-state index is 12.2. The Bertz CT molecular complexity index is 568. The van der Waals surface area contributed by atoms with Crippen molar-refractivity contribution in [2.24, 2.45) is 11.3 Å². The number of amides is 1. The summed E-state index contributed by atoms with van der Waals surface area (Å²) in [5.74, 6) is -0.837. The van der Waals surface area contributed by atoms with Crippen molar-refractivity contribution in [3.05, 3.63) is 35.9 Å². The molecule has 0 aromatic heterocycles. The molecule has 0 radical (unpaired) electrons. The fourth-order valence-electron chi connectivity index (χ4n) is 3.95. The number of piperidine rings is 1.